The Hall–Kier alpha value is -3.61. The maximum atomic E-state index is 13.7. The molecule has 128 valence electrons. The van der Waals surface area contributed by atoms with E-state index in [9.17, 15) is 9.18 Å². The van der Waals surface area contributed by atoms with Crippen molar-refractivity contribution >= 4 is 22.6 Å². The van der Waals surface area contributed by atoms with Crippen molar-refractivity contribution in [3.05, 3.63) is 72.5 Å². The molecule has 7 heteroatoms. The minimum atomic E-state index is -1.31. The molecule has 1 aromatic carbocycles. The number of rotatable bonds is 3. The monoisotopic (exact) mass is 351 g/mol. The van der Waals surface area contributed by atoms with Gasteiger partial charge in [-0.3, -0.25) is 4.79 Å². The molecule has 0 aliphatic carbocycles. The van der Waals surface area contributed by atoms with Crippen molar-refractivity contribution in [3.63, 3.8) is 0 Å². The third-order valence-electron chi connectivity index (χ3n) is 3.72. The Balaban J connectivity index is 1.71. The number of hydrogen-bond acceptors (Lipinski definition) is 4. The lowest BCUT2D eigenvalue weighted by atomic mass is 10.2. The lowest BCUT2D eigenvalue weighted by Crippen LogP contribution is -2.12. The highest BCUT2D eigenvalue weighted by Crippen LogP contribution is 2.21. The van der Waals surface area contributed by atoms with Crippen LogP contribution in [-0.2, 0) is 7.05 Å². The summed E-state index contributed by atoms with van der Waals surface area (Å²) in [5.41, 5.74) is 1.45. The quantitative estimate of drug-likeness (QED) is 0.614. The predicted octanol–water partition coefficient (Wildman–Crippen LogP) is 3.42. The van der Waals surface area contributed by atoms with E-state index in [1.165, 1.54) is 12.3 Å². The maximum Gasteiger partial charge on any atom is 0.256 e. The van der Waals surface area contributed by atoms with Crippen LogP contribution in [0.25, 0.3) is 22.3 Å². The van der Waals surface area contributed by atoms with E-state index in [4.69, 9.17) is 5.48 Å². The molecule has 0 spiro atoms. The Morgan fingerprint density at radius 1 is 1.23 bits per heavy atom. The number of fused-ring (bicyclic) bond motifs is 1. The SMILES string of the molecule is [2H]c1c([2H])c(C(=O)Nc2cc3nc(-c4cncn4C)ccc3cn2)c([2H])c([2H])c1F. The van der Waals surface area contributed by atoms with E-state index in [1.807, 2.05) is 23.7 Å². The molecule has 0 atom stereocenters. The number of nitrogens with zero attached hydrogens (tertiary/aromatic N) is 4. The smallest absolute Gasteiger partial charge is 0.256 e. The summed E-state index contributed by atoms with van der Waals surface area (Å²) in [6.45, 7) is 0. The van der Waals surface area contributed by atoms with Crippen LogP contribution in [0.5, 0.6) is 0 Å². The van der Waals surface area contributed by atoms with E-state index in [-0.39, 0.29) is 5.82 Å². The van der Waals surface area contributed by atoms with Crippen molar-refractivity contribution in [2.75, 3.05) is 5.32 Å². The first-order valence-electron chi connectivity index (χ1n) is 9.58. The summed E-state index contributed by atoms with van der Waals surface area (Å²) in [6, 6.07) is 1.83. The van der Waals surface area contributed by atoms with Crippen molar-refractivity contribution in [2.24, 2.45) is 7.05 Å². The van der Waals surface area contributed by atoms with Crippen LogP contribution in [0.4, 0.5) is 10.2 Å². The molecule has 0 saturated carbocycles. The van der Waals surface area contributed by atoms with Crippen molar-refractivity contribution in [1.29, 1.82) is 0 Å². The van der Waals surface area contributed by atoms with Gasteiger partial charge in [-0.25, -0.2) is 19.3 Å². The number of amides is 1. The predicted molar refractivity (Wildman–Crippen MR) is 96.1 cm³/mol. The van der Waals surface area contributed by atoms with Crippen LogP contribution in [0.15, 0.2) is 61.1 Å². The largest absolute Gasteiger partial charge is 0.332 e. The van der Waals surface area contributed by atoms with Gasteiger partial charge in [0.05, 0.1) is 34.9 Å². The van der Waals surface area contributed by atoms with Crippen LogP contribution in [0.3, 0.4) is 0 Å². The van der Waals surface area contributed by atoms with Gasteiger partial charge in [-0.1, -0.05) is 0 Å². The first-order chi connectivity index (χ1) is 14.3. The zero-order valence-corrected chi connectivity index (χ0v) is 13.5. The zero-order valence-electron chi connectivity index (χ0n) is 17.5. The standard InChI is InChI=1S/C19H14FN5O/c1-25-11-21-10-17(25)15-7-4-13-9-22-18(8-16(13)23-15)24-19(26)12-2-5-14(20)6-3-12/h2-11H,1H3,(H,22,24,26)/i2D,3D,5D,6D. The summed E-state index contributed by atoms with van der Waals surface area (Å²) < 4.78 is 46.2. The molecular formula is C19H14FN5O. The van der Waals surface area contributed by atoms with E-state index in [1.54, 1.807) is 12.5 Å². The topological polar surface area (TPSA) is 72.7 Å². The van der Waals surface area contributed by atoms with E-state index < -0.39 is 41.5 Å². The van der Waals surface area contributed by atoms with Gasteiger partial charge < -0.3 is 9.88 Å². The van der Waals surface area contributed by atoms with Crippen molar-refractivity contribution in [2.45, 2.75) is 0 Å². The third kappa shape index (κ3) is 3.02. The molecule has 0 aliphatic heterocycles. The number of nitrogens with one attached hydrogen (secondary N) is 1. The lowest BCUT2D eigenvalue weighted by molar-refractivity contribution is 0.102. The van der Waals surface area contributed by atoms with Gasteiger partial charge in [0, 0.05) is 30.3 Å². The maximum absolute atomic E-state index is 13.7. The summed E-state index contributed by atoms with van der Waals surface area (Å²) in [5, 5.41) is 3.16. The Labute approximate surface area is 154 Å². The van der Waals surface area contributed by atoms with Gasteiger partial charge in [-0.15, -0.1) is 0 Å². The van der Waals surface area contributed by atoms with Gasteiger partial charge in [-0.05, 0) is 36.3 Å². The second kappa shape index (κ2) is 6.36. The second-order valence-corrected chi connectivity index (χ2v) is 5.49. The molecular weight excluding hydrogens is 333 g/mol. The van der Waals surface area contributed by atoms with E-state index in [0.29, 0.717) is 11.2 Å². The highest BCUT2D eigenvalue weighted by Gasteiger charge is 2.09. The van der Waals surface area contributed by atoms with Gasteiger partial charge in [0.1, 0.15) is 11.6 Å². The summed E-state index contributed by atoms with van der Waals surface area (Å²) in [5.74, 6) is -2.14. The number of benzene rings is 1. The first-order valence-corrected chi connectivity index (χ1v) is 7.58. The Morgan fingerprint density at radius 2 is 2.04 bits per heavy atom. The normalized spacial score (nSPS) is 13.0. The molecule has 4 aromatic rings. The molecule has 3 aromatic heterocycles. The summed E-state index contributed by atoms with van der Waals surface area (Å²) >= 11 is 0. The average molecular weight is 351 g/mol. The van der Waals surface area contributed by atoms with Gasteiger partial charge in [0.15, 0.2) is 0 Å². The van der Waals surface area contributed by atoms with Crippen LogP contribution >= 0.6 is 0 Å². The van der Waals surface area contributed by atoms with Crippen LogP contribution in [0, 0.1) is 5.82 Å². The molecule has 0 unspecified atom stereocenters. The minimum absolute atomic E-state index is 0.100. The average Bonchev–Trinajstić information content (AvgIpc) is 3.16. The number of carbonyl (C=O) groups excluding carboxylic acids is 1. The van der Waals surface area contributed by atoms with Crippen LogP contribution in [0.2, 0.25) is 0 Å². The minimum Gasteiger partial charge on any atom is -0.332 e. The van der Waals surface area contributed by atoms with E-state index >= 15 is 0 Å². The van der Waals surface area contributed by atoms with Crippen molar-refractivity contribution < 1.29 is 14.7 Å². The summed E-state index contributed by atoms with van der Waals surface area (Å²) in [7, 11) is 1.84. The van der Waals surface area contributed by atoms with E-state index in [0.717, 1.165) is 11.1 Å². The molecule has 1 N–H and O–H groups in total. The molecule has 26 heavy (non-hydrogen) atoms. The van der Waals surface area contributed by atoms with Crippen molar-refractivity contribution in [3.8, 4) is 11.4 Å². The van der Waals surface area contributed by atoms with Crippen LogP contribution in [0.1, 0.15) is 15.8 Å². The molecule has 3 heterocycles. The number of anilines is 1. The third-order valence-corrected chi connectivity index (χ3v) is 3.72. The van der Waals surface area contributed by atoms with E-state index in [2.05, 4.69) is 20.3 Å². The highest BCUT2D eigenvalue weighted by atomic mass is 19.1. The van der Waals surface area contributed by atoms with Crippen LogP contribution in [-0.4, -0.2) is 25.4 Å². The Morgan fingerprint density at radius 3 is 2.77 bits per heavy atom. The Bertz CT molecular complexity index is 1300. The summed E-state index contributed by atoms with van der Waals surface area (Å²) in [4.78, 5) is 25.3. The molecule has 0 radical (unpaired) electrons. The fraction of sp³-hybridized carbons (Fsp3) is 0.0526. The number of hydrogen-bond donors (Lipinski definition) is 1. The molecule has 0 saturated heterocycles. The van der Waals surface area contributed by atoms with Gasteiger partial charge in [0.25, 0.3) is 5.91 Å². The number of imidazole rings is 1. The number of pyridine rings is 2. The van der Waals surface area contributed by atoms with Gasteiger partial charge in [0.2, 0.25) is 0 Å². The number of aryl methyl sites for hydroxylation is 1. The number of aromatic nitrogens is 4. The molecule has 0 aliphatic rings. The lowest BCUT2D eigenvalue weighted by Gasteiger charge is -2.07. The van der Waals surface area contributed by atoms with Crippen molar-refractivity contribution in [1.82, 2.24) is 19.5 Å². The fourth-order valence-corrected chi connectivity index (χ4v) is 2.42. The zero-order chi connectivity index (χ0) is 21.6. The molecule has 4 rings (SSSR count). The number of halogens is 1. The first kappa shape index (κ1) is 11.9. The Kier molecular flexibility index (Phi) is 2.90. The molecule has 6 nitrogen and oxygen atoms in total. The second-order valence-electron chi connectivity index (χ2n) is 5.49. The number of carbonyl (C=O) groups is 1. The fourth-order valence-electron chi connectivity index (χ4n) is 2.42. The van der Waals surface area contributed by atoms with Gasteiger partial charge in [-0.2, -0.15) is 0 Å². The molecule has 0 bridgehead atoms. The van der Waals surface area contributed by atoms with Crippen LogP contribution < -0.4 is 5.32 Å². The van der Waals surface area contributed by atoms with Gasteiger partial charge >= 0.3 is 0 Å². The molecule has 0 fully saturated rings. The highest BCUT2D eigenvalue weighted by molar-refractivity contribution is 6.04. The molecule has 1 amide bonds. The summed E-state index contributed by atoms with van der Waals surface area (Å²) in [6.07, 6.45) is 4.83.